The lowest BCUT2D eigenvalue weighted by Crippen LogP contribution is -2.57. The number of aliphatic imine (C=N–C) groups is 1. The standard InChI is InChI=1S/C19H28N6/c1-14(2)18-12-24(3)9-10-25(18)19(22-13-20)23-17-6-4-5-15-11-21-8-7-16(15)17/h4-6,14,18,21H,7-12H2,1-3H3,(H,22,23). The largest absolute Gasteiger partial charge is 0.336 e. The van der Waals surface area contributed by atoms with Crippen molar-refractivity contribution in [2.75, 3.05) is 38.5 Å². The molecule has 2 N–H and O–H groups in total. The van der Waals surface area contributed by atoms with Gasteiger partial charge in [0, 0.05) is 37.9 Å². The monoisotopic (exact) mass is 340 g/mol. The summed E-state index contributed by atoms with van der Waals surface area (Å²) in [7, 11) is 2.15. The zero-order valence-corrected chi connectivity index (χ0v) is 15.4. The number of anilines is 1. The van der Waals surface area contributed by atoms with Crippen LogP contribution in [0, 0.1) is 17.4 Å². The number of likely N-dealkylation sites (N-methyl/N-ethyl adjacent to an activating group) is 1. The molecule has 6 nitrogen and oxygen atoms in total. The van der Waals surface area contributed by atoms with Crippen LogP contribution in [0.25, 0.3) is 0 Å². The molecule has 25 heavy (non-hydrogen) atoms. The van der Waals surface area contributed by atoms with E-state index in [0.717, 1.165) is 44.8 Å². The molecule has 0 amide bonds. The Morgan fingerprint density at radius 1 is 1.40 bits per heavy atom. The quantitative estimate of drug-likeness (QED) is 0.489. The summed E-state index contributed by atoms with van der Waals surface area (Å²) in [5, 5.41) is 16.1. The summed E-state index contributed by atoms with van der Waals surface area (Å²) in [6, 6.07) is 6.68. The zero-order chi connectivity index (χ0) is 17.8. The summed E-state index contributed by atoms with van der Waals surface area (Å²) in [6.07, 6.45) is 2.99. The van der Waals surface area contributed by atoms with Crippen LogP contribution in [-0.4, -0.2) is 55.0 Å². The van der Waals surface area contributed by atoms with Crippen LogP contribution >= 0.6 is 0 Å². The van der Waals surface area contributed by atoms with Crippen molar-refractivity contribution in [3.8, 4) is 6.19 Å². The molecule has 1 aromatic rings. The summed E-state index contributed by atoms with van der Waals surface area (Å²) in [6.45, 7) is 9.20. The van der Waals surface area contributed by atoms with E-state index in [0.29, 0.717) is 17.9 Å². The van der Waals surface area contributed by atoms with Crippen molar-refractivity contribution in [2.24, 2.45) is 10.9 Å². The third-order valence-corrected chi connectivity index (χ3v) is 5.21. The van der Waals surface area contributed by atoms with Crippen LogP contribution in [0.1, 0.15) is 25.0 Å². The molecule has 1 atom stereocenters. The summed E-state index contributed by atoms with van der Waals surface area (Å²) < 4.78 is 0. The molecule has 2 aliphatic rings. The highest BCUT2D eigenvalue weighted by Gasteiger charge is 2.30. The van der Waals surface area contributed by atoms with E-state index in [9.17, 15) is 5.26 Å². The van der Waals surface area contributed by atoms with Gasteiger partial charge in [-0.2, -0.15) is 5.26 Å². The second-order valence-electron chi connectivity index (χ2n) is 7.30. The molecule has 0 saturated carbocycles. The number of benzene rings is 1. The Bertz CT molecular complexity index is 675. The Balaban J connectivity index is 1.88. The second kappa shape index (κ2) is 7.85. The van der Waals surface area contributed by atoms with E-state index in [-0.39, 0.29) is 0 Å². The Morgan fingerprint density at radius 2 is 2.24 bits per heavy atom. The maximum absolute atomic E-state index is 9.24. The van der Waals surface area contributed by atoms with E-state index in [4.69, 9.17) is 0 Å². The normalized spacial score (nSPS) is 21.8. The predicted molar refractivity (Wildman–Crippen MR) is 101 cm³/mol. The number of guanidine groups is 1. The average molecular weight is 340 g/mol. The fourth-order valence-corrected chi connectivity index (χ4v) is 3.77. The molecule has 6 heteroatoms. The zero-order valence-electron chi connectivity index (χ0n) is 15.4. The number of piperazine rings is 1. The molecule has 0 spiro atoms. The molecule has 0 bridgehead atoms. The van der Waals surface area contributed by atoms with Crippen molar-refractivity contribution >= 4 is 11.6 Å². The van der Waals surface area contributed by atoms with Crippen LogP contribution in [0.3, 0.4) is 0 Å². The molecular formula is C19H28N6. The maximum atomic E-state index is 9.24. The number of nitrogens with zero attached hydrogens (tertiary/aromatic N) is 4. The van der Waals surface area contributed by atoms with Gasteiger partial charge in [0.25, 0.3) is 0 Å². The minimum atomic E-state index is 0.347. The highest BCUT2D eigenvalue weighted by molar-refractivity contribution is 5.95. The Morgan fingerprint density at radius 3 is 3.00 bits per heavy atom. The molecule has 3 rings (SSSR count). The number of rotatable bonds is 2. The molecule has 0 aromatic heterocycles. The number of nitriles is 1. The summed E-state index contributed by atoms with van der Waals surface area (Å²) in [4.78, 5) is 8.77. The van der Waals surface area contributed by atoms with E-state index in [1.807, 2.05) is 6.19 Å². The third kappa shape index (κ3) is 3.94. The molecular weight excluding hydrogens is 312 g/mol. The fraction of sp³-hybridized carbons (Fsp3) is 0.579. The smallest absolute Gasteiger partial charge is 0.214 e. The molecule has 134 valence electrons. The van der Waals surface area contributed by atoms with Crippen molar-refractivity contribution in [3.05, 3.63) is 29.3 Å². The molecule has 0 radical (unpaired) electrons. The SMILES string of the molecule is CC(C)C1CN(C)CCN1/C(=N\C#N)Nc1cccc2c1CCNC2. The summed E-state index contributed by atoms with van der Waals surface area (Å²) in [5.41, 5.74) is 3.74. The lowest BCUT2D eigenvalue weighted by atomic mass is 9.98. The highest BCUT2D eigenvalue weighted by Crippen LogP contribution is 2.25. The van der Waals surface area contributed by atoms with Crippen LogP contribution in [0.15, 0.2) is 23.2 Å². The maximum Gasteiger partial charge on any atom is 0.214 e. The van der Waals surface area contributed by atoms with E-state index >= 15 is 0 Å². The minimum absolute atomic E-state index is 0.347. The molecule has 0 aliphatic carbocycles. The number of nitrogens with one attached hydrogen (secondary N) is 2. The van der Waals surface area contributed by atoms with Crippen molar-refractivity contribution in [3.63, 3.8) is 0 Å². The first-order chi connectivity index (χ1) is 12.1. The predicted octanol–water partition coefficient (Wildman–Crippen LogP) is 1.85. The molecule has 1 unspecified atom stereocenters. The van der Waals surface area contributed by atoms with E-state index in [2.05, 4.69) is 64.5 Å². The van der Waals surface area contributed by atoms with Gasteiger partial charge in [0.1, 0.15) is 0 Å². The van der Waals surface area contributed by atoms with E-state index < -0.39 is 0 Å². The first-order valence-corrected chi connectivity index (χ1v) is 9.10. The topological polar surface area (TPSA) is 66.7 Å². The Labute approximate surface area is 150 Å². The fourth-order valence-electron chi connectivity index (χ4n) is 3.77. The lowest BCUT2D eigenvalue weighted by Gasteiger charge is -2.43. The van der Waals surface area contributed by atoms with Gasteiger partial charge in [-0.3, -0.25) is 0 Å². The molecule has 1 aromatic carbocycles. The van der Waals surface area contributed by atoms with Crippen molar-refractivity contribution in [1.82, 2.24) is 15.1 Å². The van der Waals surface area contributed by atoms with Crippen LogP contribution in [-0.2, 0) is 13.0 Å². The lowest BCUT2D eigenvalue weighted by molar-refractivity contribution is 0.120. The molecule has 1 fully saturated rings. The number of hydrogen-bond donors (Lipinski definition) is 2. The molecule has 2 heterocycles. The van der Waals surface area contributed by atoms with Gasteiger partial charge in [-0.05, 0) is 43.1 Å². The Kier molecular flexibility index (Phi) is 5.57. The molecule has 2 aliphatic heterocycles. The van der Waals surface area contributed by atoms with E-state index in [1.165, 1.54) is 11.1 Å². The van der Waals surface area contributed by atoms with Gasteiger partial charge >= 0.3 is 0 Å². The van der Waals surface area contributed by atoms with Gasteiger partial charge in [0.05, 0.1) is 0 Å². The summed E-state index contributed by atoms with van der Waals surface area (Å²) >= 11 is 0. The second-order valence-corrected chi connectivity index (χ2v) is 7.30. The van der Waals surface area contributed by atoms with Crippen molar-refractivity contribution in [1.29, 1.82) is 5.26 Å². The Hall–Kier alpha value is -2.10. The van der Waals surface area contributed by atoms with Gasteiger partial charge < -0.3 is 20.4 Å². The highest BCUT2D eigenvalue weighted by atomic mass is 15.4. The van der Waals surface area contributed by atoms with Gasteiger partial charge in [-0.1, -0.05) is 26.0 Å². The van der Waals surface area contributed by atoms with Crippen LogP contribution in [0.4, 0.5) is 5.69 Å². The first-order valence-electron chi connectivity index (χ1n) is 9.10. The summed E-state index contributed by atoms with van der Waals surface area (Å²) in [5.74, 6) is 1.17. The number of fused-ring (bicyclic) bond motifs is 1. The van der Waals surface area contributed by atoms with Gasteiger partial charge in [-0.25, -0.2) is 0 Å². The van der Waals surface area contributed by atoms with Crippen molar-refractivity contribution in [2.45, 2.75) is 32.9 Å². The third-order valence-electron chi connectivity index (χ3n) is 5.21. The van der Waals surface area contributed by atoms with Crippen LogP contribution < -0.4 is 10.6 Å². The van der Waals surface area contributed by atoms with Gasteiger partial charge in [0.2, 0.25) is 12.2 Å². The first kappa shape index (κ1) is 17.7. The van der Waals surface area contributed by atoms with Crippen LogP contribution in [0.2, 0.25) is 0 Å². The van der Waals surface area contributed by atoms with Gasteiger partial charge in [0.15, 0.2) is 0 Å². The van der Waals surface area contributed by atoms with Crippen LogP contribution in [0.5, 0.6) is 0 Å². The molecule has 1 saturated heterocycles. The van der Waals surface area contributed by atoms with E-state index in [1.54, 1.807) is 0 Å². The van der Waals surface area contributed by atoms with Gasteiger partial charge in [-0.15, -0.1) is 4.99 Å². The minimum Gasteiger partial charge on any atom is -0.336 e. The average Bonchev–Trinajstić information content (AvgIpc) is 2.61. The number of hydrogen-bond acceptors (Lipinski definition) is 4. The van der Waals surface area contributed by atoms with Crippen molar-refractivity contribution < 1.29 is 0 Å².